The molecule has 117 valence electrons. The van der Waals surface area contributed by atoms with Gasteiger partial charge in [-0.3, -0.25) is 0 Å². The van der Waals surface area contributed by atoms with Gasteiger partial charge in [0, 0.05) is 24.2 Å². The number of hydrogen-bond acceptors (Lipinski definition) is 2. The van der Waals surface area contributed by atoms with Crippen molar-refractivity contribution < 1.29 is 0 Å². The summed E-state index contributed by atoms with van der Waals surface area (Å²) in [5.41, 5.74) is 1.32. The molecule has 0 spiro atoms. The van der Waals surface area contributed by atoms with Gasteiger partial charge in [-0.1, -0.05) is 72.5 Å². The van der Waals surface area contributed by atoms with E-state index in [-0.39, 0.29) is 0 Å². The van der Waals surface area contributed by atoms with Gasteiger partial charge in [-0.2, -0.15) is 0 Å². The fourth-order valence-electron chi connectivity index (χ4n) is 2.93. The zero-order valence-corrected chi connectivity index (χ0v) is 15.2. The van der Waals surface area contributed by atoms with Crippen LogP contribution in [0.4, 0.5) is 0 Å². The van der Waals surface area contributed by atoms with Crippen LogP contribution < -0.4 is 10.6 Å². The smallest absolute Gasteiger partial charge is 0.0300 e. The molecule has 0 N–H and O–H groups in total. The summed E-state index contributed by atoms with van der Waals surface area (Å²) in [4.78, 5) is 2.20. The molecular formula is C20H21NPS. The standard InChI is InChI=1S/C20H21NPS/c1-21(2)16-17-10-9-15-20(17)22(23,18-11-5-3-6-12-18)19-13-7-4-8-14-19/h3-15H,16H2,1-2H3. The summed E-state index contributed by atoms with van der Waals surface area (Å²) >= 11 is 6.39. The molecule has 0 bridgehead atoms. The first-order valence-corrected chi connectivity index (χ1v) is 10.5. The topological polar surface area (TPSA) is 3.24 Å². The van der Waals surface area contributed by atoms with Crippen LogP contribution in [0.5, 0.6) is 0 Å². The molecule has 1 aliphatic rings. The van der Waals surface area contributed by atoms with E-state index in [4.69, 9.17) is 11.8 Å². The Hall–Kier alpha value is -0.950. The van der Waals surface area contributed by atoms with Crippen molar-refractivity contribution in [3.8, 4) is 0 Å². The van der Waals surface area contributed by atoms with Gasteiger partial charge in [0.15, 0.2) is 0 Å². The maximum Gasteiger partial charge on any atom is 0.0300 e. The predicted octanol–water partition coefficient (Wildman–Crippen LogP) is 3.41. The van der Waals surface area contributed by atoms with Gasteiger partial charge in [0.2, 0.25) is 0 Å². The molecule has 2 aromatic rings. The Kier molecular flexibility index (Phi) is 5.36. The minimum Gasteiger partial charge on any atom is -0.309 e. The van der Waals surface area contributed by atoms with E-state index < -0.39 is 6.04 Å². The molecule has 0 heterocycles. The van der Waals surface area contributed by atoms with Crippen LogP contribution in [0, 0.1) is 30.8 Å². The van der Waals surface area contributed by atoms with E-state index in [0.29, 0.717) is 0 Å². The quantitative estimate of drug-likeness (QED) is 0.769. The van der Waals surface area contributed by atoms with Crippen LogP contribution in [0.3, 0.4) is 0 Å². The van der Waals surface area contributed by atoms with Crippen LogP contribution in [-0.2, 0) is 11.8 Å². The van der Waals surface area contributed by atoms with Crippen LogP contribution in [0.15, 0.2) is 60.7 Å². The minimum absolute atomic E-state index is 0.917. The second-order valence-electron chi connectivity index (χ2n) is 5.95. The summed E-state index contributed by atoms with van der Waals surface area (Å²) in [6.07, 6.45) is 6.57. The molecule has 1 saturated carbocycles. The molecule has 0 unspecified atom stereocenters. The van der Waals surface area contributed by atoms with Gasteiger partial charge in [0.1, 0.15) is 0 Å². The molecule has 0 atom stereocenters. The Labute approximate surface area is 145 Å². The number of hydrogen-bond donors (Lipinski definition) is 0. The third kappa shape index (κ3) is 3.45. The lowest BCUT2D eigenvalue weighted by Gasteiger charge is -2.33. The van der Waals surface area contributed by atoms with Crippen LogP contribution in [0.25, 0.3) is 0 Å². The van der Waals surface area contributed by atoms with Crippen molar-refractivity contribution in [1.29, 1.82) is 0 Å². The molecule has 0 saturated heterocycles. The monoisotopic (exact) mass is 338 g/mol. The van der Waals surface area contributed by atoms with Crippen molar-refractivity contribution in [3.63, 3.8) is 0 Å². The molecule has 1 aliphatic carbocycles. The summed E-state index contributed by atoms with van der Waals surface area (Å²) in [5.74, 6) is 1.34. The van der Waals surface area contributed by atoms with E-state index in [1.807, 2.05) is 0 Å². The predicted molar refractivity (Wildman–Crippen MR) is 104 cm³/mol. The van der Waals surface area contributed by atoms with Crippen molar-refractivity contribution in [2.24, 2.45) is 0 Å². The van der Waals surface area contributed by atoms with Gasteiger partial charge < -0.3 is 4.90 Å². The lowest BCUT2D eigenvalue weighted by molar-refractivity contribution is 0.431. The zero-order chi connectivity index (χ0) is 16.3. The van der Waals surface area contributed by atoms with Crippen LogP contribution in [0.1, 0.15) is 0 Å². The van der Waals surface area contributed by atoms with Crippen molar-refractivity contribution in [2.45, 2.75) is 0 Å². The third-order valence-electron chi connectivity index (χ3n) is 3.95. The molecular weight excluding hydrogens is 317 g/mol. The van der Waals surface area contributed by atoms with Gasteiger partial charge in [0.05, 0.1) is 0 Å². The second-order valence-corrected chi connectivity index (χ2v) is 10.3. The Bertz CT molecular complexity index is 625. The van der Waals surface area contributed by atoms with Gasteiger partial charge >= 0.3 is 0 Å². The summed E-state index contributed by atoms with van der Waals surface area (Å²) in [6, 6.07) is 19.2. The summed E-state index contributed by atoms with van der Waals surface area (Å²) in [6.45, 7) is 0.917. The summed E-state index contributed by atoms with van der Waals surface area (Å²) in [5, 5.41) is 2.51. The maximum absolute atomic E-state index is 6.39. The Morgan fingerprint density at radius 2 is 1.35 bits per heavy atom. The molecule has 1 fully saturated rings. The van der Waals surface area contributed by atoms with E-state index in [1.54, 1.807) is 0 Å². The fourth-order valence-corrected chi connectivity index (χ4v) is 7.08. The molecule has 0 aliphatic heterocycles. The van der Waals surface area contributed by atoms with Crippen LogP contribution >= 0.6 is 6.04 Å². The molecule has 0 aromatic heterocycles. The molecule has 23 heavy (non-hydrogen) atoms. The van der Waals surface area contributed by atoms with E-state index >= 15 is 0 Å². The van der Waals surface area contributed by atoms with Gasteiger partial charge in [0.25, 0.3) is 0 Å². The fraction of sp³-hybridized carbons (Fsp3) is 0.150. The largest absolute Gasteiger partial charge is 0.309 e. The van der Waals surface area contributed by atoms with E-state index in [2.05, 4.69) is 98.9 Å². The maximum atomic E-state index is 6.39. The molecule has 2 aromatic carbocycles. The minimum atomic E-state index is -2.02. The first-order valence-electron chi connectivity index (χ1n) is 7.73. The Morgan fingerprint density at radius 1 is 0.826 bits per heavy atom. The van der Waals surface area contributed by atoms with E-state index in [9.17, 15) is 0 Å². The highest BCUT2D eigenvalue weighted by molar-refractivity contribution is 8.23. The summed E-state index contributed by atoms with van der Waals surface area (Å²) in [7, 11) is 4.20. The highest BCUT2D eigenvalue weighted by Crippen LogP contribution is 2.62. The Balaban J connectivity index is 2.08. The van der Waals surface area contributed by atoms with Crippen molar-refractivity contribution in [3.05, 3.63) is 91.5 Å². The first kappa shape index (κ1) is 16.9. The molecule has 1 nitrogen and oxygen atoms in total. The number of rotatable bonds is 5. The van der Waals surface area contributed by atoms with Crippen LogP contribution in [-0.4, -0.2) is 25.5 Å². The average molecular weight is 338 g/mol. The van der Waals surface area contributed by atoms with Crippen molar-refractivity contribution >= 4 is 28.5 Å². The highest BCUT2D eigenvalue weighted by atomic mass is 32.4. The summed E-state index contributed by atoms with van der Waals surface area (Å²) < 4.78 is 0. The highest BCUT2D eigenvalue weighted by Gasteiger charge is 2.41. The number of nitrogens with zero attached hydrogens (tertiary/aromatic N) is 1. The first-order chi connectivity index (χ1) is 11.1. The van der Waals surface area contributed by atoms with E-state index in [1.165, 1.54) is 22.2 Å². The molecule has 3 rings (SSSR count). The molecule has 5 radical (unpaired) electrons. The van der Waals surface area contributed by atoms with Gasteiger partial charge in [-0.05, 0) is 44.0 Å². The zero-order valence-electron chi connectivity index (χ0n) is 13.5. The van der Waals surface area contributed by atoms with Gasteiger partial charge in [-0.25, -0.2) is 0 Å². The Morgan fingerprint density at radius 3 is 1.83 bits per heavy atom. The van der Waals surface area contributed by atoms with Crippen LogP contribution in [0.2, 0.25) is 0 Å². The van der Waals surface area contributed by atoms with Gasteiger partial charge in [-0.15, -0.1) is 0 Å². The number of benzene rings is 2. The van der Waals surface area contributed by atoms with Crippen molar-refractivity contribution in [1.82, 2.24) is 4.90 Å². The molecule has 0 amide bonds. The average Bonchev–Trinajstić information content (AvgIpc) is 3.03. The third-order valence-corrected chi connectivity index (χ3v) is 8.97. The SMILES string of the molecule is CN(C)C[C]1[CH][CH][CH][C]1P(=S)(c1ccccc1)c1ccccc1. The lowest BCUT2D eigenvalue weighted by atomic mass is 10.1. The normalized spacial score (nSPS) is 17.0. The molecule has 3 heteroatoms. The lowest BCUT2D eigenvalue weighted by Crippen LogP contribution is -2.27. The van der Waals surface area contributed by atoms with E-state index in [0.717, 1.165) is 6.54 Å². The second kappa shape index (κ2) is 7.30. The van der Waals surface area contributed by atoms with Crippen molar-refractivity contribution in [2.75, 3.05) is 20.6 Å².